The SMILES string of the molecule is CCCCC1(O)CCN(C(=O)c2ccc(CS(=O)(=O)c3cccc4nccnc34)cc2)CC1. The van der Waals surface area contributed by atoms with Crippen molar-refractivity contribution in [2.45, 2.75) is 55.3 Å². The predicted molar refractivity (Wildman–Crippen MR) is 126 cm³/mol. The number of sulfone groups is 1. The largest absolute Gasteiger partial charge is 0.390 e. The smallest absolute Gasteiger partial charge is 0.253 e. The van der Waals surface area contributed by atoms with Gasteiger partial charge in [0.25, 0.3) is 5.91 Å². The van der Waals surface area contributed by atoms with Gasteiger partial charge in [-0.3, -0.25) is 14.8 Å². The van der Waals surface area contributed by atoms with Gasteiger partial charge in [-0.15, -0.1) is 0 Å². The molecule has 0 atom stereocenters. The molecule has 0 bridgehead atoms. The van der Waals surface area contributed by atoms with Crippen LogP contribution in [0.4, 0.5) is 0 Å². The minimum absolute atomic E-state index is 0.0914. The molecule has 174 valence electrons. The normalized spacial score (nSPS) is 16.1. The molecule has 0 unspecified atom stereocenters. The first kappa shape index (κ1) is 23.3. The number of carbonyl (C=O) groups excluding carboxylic acids is 1. The fourth-order valence-electron chi connectivity index (χ4n) is 4.32. The Hall–Kier alpha value is -2.84. The summed E-state index contributed by atoms with van der Waals surface area (Å²) in [7, 11) is -3.64. The third-order valence-electron chi connectivity index (χ3n) is 6.33. The lowest BCUT2D eigenvalue weighted by Crippen LogP contribution is -2.46. The summed E-state index contributed by atoms with van der Waals surface area (Å²) in [5.74, 6) is -0.281. The average Bonchev–Trinajstić information content (AvgIpc) is 2.83. The van der Waals surface area contributed by atoms with Crippen molar-refractivity contribution in [1.29, 1.82) is 0 Å². The summed E-state index contributed by atoms with van der Waals surface area (Å²) in [6.45, 7) is 3.15. The second-order valence-corrected chi connectivity index (χ2v) is 10.7. The Kier molecular flexibility index (Phi) is 6.76. The highest BCUT2D eigenvalue weighted by Gasteiger charge is 2.33. The summed E-state index contributed by atoms with van der Waals surface area (Å²) >= 11 is 0. The second-order valence-electron chi connectivity index (χ2n) is 8.76. The van der Waals surface area contributed by atoms with Crippen LogP contribution < -0.4 is 0 Å². The number of hydrogen-bond donors (Lipinski definition) is 1. The van der Waals surface area contributed by atoms with E-state index in [9.17, 15) is 18.3 Å². The fourth-order valence-corrected chi connectivity index (χ4v) is 5.85. The third-order valence-corrected chi connectivity index (χ3v) is 8.04. The number of likely N-dealkylation sites (tertiary alicyclic amines) is 1. The first-order chi connectivity index (χ1) is 15.8. The van der Waals surface area contributed by atoms with E-state index in [0.717, 1.165) is 19.3 Å². The minimum Gasteiger partial charge on any atom is -0.390 e. The molecule has 1 aliphatic heterocycles. The molecule has 1 amide bonds. The van der Waals surface area contributed by atoms with Gasteiger partial charge in [-0.25, -0.2) is 8.42 Å². The Labute approximate surface area is 194 Å². The van der Waals surface area contributed by atoms with E-state index in [0.29, 0.717) is 48.1 Å². The van der Waals surface area contributed by atoms with Gasteiger partial charge < -0.3 is 10.0 Å². The maximum atomic E-state index is 13.1. The van der Waals surface area contributed by atoms with E-state index >= 15 is 0 Å². The third kappa shape index (κ3) is 5.23. The number of para-hydroxylation sites is 1. The maximum absolute atomic E-state index is 13.1. The van der Waals surface area contributed by atoms with E-state index in [4.69, 9.17) is 0 Å². The van der Waals surface area contributed by atoms with Gasteiger partial charge in [-0.05, 0) is 49.1 Å². The van der Waals surface area contributed by atoms with E-state index in [1.165, 1.54) is 12.4 Å². The van der Waals surface area contributed by atoms with Crippen molar-refractivity contribution in [2.24, 2.45) is 0 Å². The molecule has 1 saturated heterocycles. The number of carbonyl (C=O) groups is 1. The van der Waals surface area contributed by atoms with Crippen LogP contribution in [0.5, 0.6) is 0 Å². The Morgan fingerprint density at radius 2 is 1.76 bits per heavy atom. The van der Waals surface area contributed by atoms with Gasteiger partial charge in [0.05, 0.1) is 21.8 Å². The van der Waals surface area contributed by atoms with Crippen LogP contribution in [0.2, 0.25) is 0 Å². The average molecular weight is 468 g/mol. The molecule has 4 rings (SSSR count). The van der Waals surface area contributed by atoms with E-state index in [-0.39, 0.29) is 16.6 Å². The topological polar surface area (TPSA) is 100 Å². The van der Waals surface area contributed by atoms with Crippen molar-refractivity contribution < 1.29 is 18.3 Å². The van der Waals surface area contributed by atoms with Crippen molar-refractivity contribution in [2.75, 3.05) is 13.1 Å². The van der Waals surface area contributed by atoms with E-state index in [2.05, 4.69) is 16.9 Å². The number of hydrogen-bond acceptors (Lipinski definition) is 6. The van der Waals surface area contributed by atoms with Crippen molar-refractivity contribution in [1.82, 2.24) is 14.9 Å². The summed E-state index contributed by atoms with van der Waals surface area (Å²) in [6, 6.07) is 11.6. The lowest BCUT2D eigenvalue weighted by atomic mass is 9.86. The van der Waals surface area contributed by atoms with Gasteiger partial charge in [0.2, 0.25) is 0 Å². The molecule has 8 heteroatoms. The standard InChI is InChI=1S/C25H29N3O4S/c1-2-3-11-25(30)12-16-28(17-13-25)24(29)20-9-7-19(8-10-20)18-33(31,32)22-6-4-5-21-23(22)27-15-14-26-21/h4-10,14-15,30H,2-3,11-13,16-18H2,1H3. The van der Waals surface area contributed by atoms with Gasteiger partial charge in [-0.2, -0.15) is 0 Å². The zero-order valence-corrected chi connectivity index (χ0v) is 19.6. The number of benzene rings is 2. The van der Waals surface area contributed by atoms with Crippen molar-refractivity contribution in [3.05, 3.63) is 66.0 Å². The van der Waals surface area contributed by atoms with Gasteiger partial charge in [0.1, 0.15) is 5.52 Å². The lowest BCUT2D eigenvalue weighted by Gasteiger charge is -2.38. The summed E-state index contributed by atoms with van der Waals surface area (Å²) in [4.78, 5) is 23.2. The number of aliphatic hydroxyl groups is 1. The van der Waals surface area contributed by atoms with E-state index in [1.54, 1.807) is 47.4 Å². The second kappa shape index (κ2) is 9.57. The number of piperidine rings is 1. The van der Waals surface area contributed by atoms with Crippen LogP contribution in [0, 0.1) is 0 Å². The molecule has 7 nitrogen and oxygen atoms in total. The van der Waals surface area contributed by atoms with Crippen LogP contribution in [0.15, 0.2) is 59.8 Å². The number of amides is 1. The van der Waals surface area contributed by atoms with Crippen LogP contribution in [0.3, 0.4) is 0 Å². The molecule has 0 spiro atoms. The highest BCUT2D eigenvalue weighted by molar-refractivity contribution is 7.90. The molecule has 33 heavy (non-hydrogen) atoms. The molecule has 1 fully saturated rings. The molecular formula is C25H29N3O4S. The number of aromatic nitrogens is 2. The van der Waals surface area contributed by atoms with Gasteiger partial charge in [0, 0.05) is 31.0 Å². The summed E-state index contributed by atoms with van der Waals surface area (Å²) in [6.07, 6.45) is 6.99. The molecule has 3 aromatic rings. The van der Waals surface area contributed by atoms with Crippen molar-refractivity contribution in [3.63, 3.8) is 0 Å². The lowest BCUT2D eigenvalue weighted by molar-refractivity contribution is -0.0242. The number of nitrogens with zero attached hydrogens (tertiary/aromatic N) is 3. The van der Waals surface area contributed by atoms with Gasteiger partial charge >= 0.3 is 0 Å². The first-order valence-electron chi connectivity index (χ1n) is 11.3. The molecule has 0 aliphatic carbocycles. The highest BCUT2D eigenvalue weighted by Crippen LogP contribution is 2.28. The molecule has 0 radical (unpaired) electrons. The first-order valence-corrected chi connectivity index (χ1v) is 13.0. The Bertz CT molecular complexity index is 1230. The van der Waals surface area contributed by atoms with E-state index in [1.807, 2.05) is 0 Å². The zero-order valence-electron chi connectivity index (χ0n) is 18.8. The Morgan fingerprint density at radius 1 is 1.06 bits per heavy atom. The fraction of sp³-hybridized carbons (Fsp3) is 0.400. The molecule has 1 aliphatic rings. The summed E-state index contributed by atoms with van der Waals surface area (Å²) in [5, 5.41) is 10.7. The van der Waals surface area contributed by atoms with Crippen molar-refractivity contribution >= 4 is 26.8 Å². The Morgan fingerprint density at radius 3 is 2.45 bits per heavy atom. The number of unbranched alkanes of at least 4 members (excludes halogenated alkanes) is 1. The van der Waals surface area contributed by atoms with E-state index < -0.39 is 15.4 Å². The van der Waals surface area contributed by atoms with Crippen LogP contribution in [0.25, 0.3) is 11.0 Å². The minimum atomic E-state index is -3.64. The zero-order chi connectivity index (χ0) is 23.5. The Balaban J connectivity index is 1.44. The highest BCUT2D eigenvalue weighted by atomic mass is 32.2. The number of fused-ring (bicyclic) bond motifs is 1. The van der Waals surface area contributed by atoms with Gasteiger partial charge in [0.15, 0.2) is 9.84 Å². The van der Waals surface area contributed by atoms with Crippen LogP contribution >= 0.6 is 0 Å². The molecule has 2 aromatic carbocycles. The summed E-state index contributed by atoms with van der Waals surface area (Å²) in [5.41, 5.74) is 1.33. The monoisotopic (exact) mass is 467 g/mol. The summed E-state index contributed by atoms with van der Waals surface area (Å²) < 4.78 is 26.1. The number of rotatable bonds is 7. The quantitative estimate of drug-likeness (QED) is 0.568. The molecule has 1 aromatic heterocycles. The maximum Gasteiger partial charge on any atom is 0.253 e. The van der Waals surface area contributed by atoms with Crippen LogP contribution in [-0.2, 0) is 15.6 Å². The molecule has 2 heterocycles. The van der Waals surface area contributed by atoms with Crippen LogP contribution in [-0.4, -0.2) is 53.0 Å². The predicted octanol–water partition coefficient (Wildman–Crippen LogP) is 3.76. The van der Waals surface area contributed by atoms with Gasteiger partial charge in [-0.1, -0.05) is 38.0 Å². The molecule has 1 N–H and O–H groups in total. The van der Waals surface area contributed by atoms with Crippen molar-refractivity contribution in [3.8, 4) is 0 Å². The molecule has 0 saturated carbocycles. The van der Waals surface area contributed by atoms with Crippen LogP contribution in [0.1, 0.15) is 54.9 Å². The molecular weight excluding hydrogens is 438 g/mol.